The fraction of sp³-hybridized carbons (Fsp3) is 0.692. The third kappa shape index (κ3) is 3.88. The van der Waals surface area contributed by atoms with Gasteiger partial charge in [-0.1, -0.05) is 19.8 Å². The van der Waals surface area contributed by atoms with Gasteiger partial charge in [0.1, 0.15) is 17.5 Å². The van der Waals surface area contributed by atoms with Crippen LogP contribution in [0.5, 0.6) is 0 Å². The summed E-state index contributed by atoms with van der Waals surface area (Å²) < 4.78 is 0. The van der Waals surface area contributed by atoms with Gasteiger partial charge in [0.05, 0.1) is 0 Å². The number of hydrogen-bond donors (Lipinski definition) is 2. The molecule has 4 heteroatoms. The Morgan fingerprint density at radius 1 is 1.18 bits per heavy atom. The zero-order valence-electron chi connectivity index (χ0n) is 10.8. The first kappa shape index (κ1) is 12.1. The molecule has 0 atom stereocenters. The van der Waals surface area contributed by atoms with Crippen LogP contribution in [-0.4, -0.2) is 23.1 Å². The van der Waals surface area contributed by atoms with E-state index in [0.29, 0.717) is 0 Å². The lowest BCUT2D eigenvalue weighted by Gasteiger charge is -2.09. The average Bonchev–Trinajstić information content (AvgIpc) is 3.13. The van der Waals surface area contributed by atoms with E-state index in [1.54, 1.807) is 0 Å². The van der Waals surface area contributed by atoms with Crippen molar-refractivity contribution in [3.8, 4) is 0 Å². The van der Waals surface area contributed by atoms with Crippen molar-refractivity contribution in [1.29, 1.82) is 0 Å². The predicted molar refractivity (Wildman–Crippen MR) is 71.4 cm³/mol. The quantitative estimate of drug-likeness (QED) is 0.761. The second-order valence-electron chi connectivity index (χ2n) is 4.60. The van der Waals surface area contributed by atoms with Crippen LogP contribution in [0.15, 0.2) is 6.07 Å². The summed E-state index contributed by atoms with van der Waals surface area (Å²) in [6, 6.07) is 2.00. The topological polar surface area (TPSA) is 49.8 Å². The van der Waals surface area contributed by atoms with Gasteiger partial charge in [0.15, 0.2) is 0 Å². The lowest BCUT2D eigenvalue weighted by Crippen LogP contribution is -2.09. The van der Waals surface area contributed by atoms with Crippen LogP contribution in [-0.2, 0) is 6.42 Å². The van der Waals surface area contributed by atoms with Gasteiger partial charge < -0.3 is 10.6 Å². The standard InChI is InChI=1S/C13H22N4/c1-3-11-16-12(14-4-2)9-13(17-11)15-8-7-10-5-6-10/h9-10H,3-8H2,1-2H3,(H2,14,15,16,17). The van der Waals surface area contributed by atoms with Gasteiger partial charge in [0.2, 0.25) is 0 Å². The highest BCUT2D eigenvalue weighted by atomic mass is 15.1. The third-order valence-corrected chi connectivity index (χ3v) is 3.00. The molecule has 1 aromatic heterocycles. The summed E-state index contributed by atoms with van der Waals surface area (Å²) in [5.74, 6) is 3.74. The Morgan fingerprint density at radius 2 is 1.88 bits per heavy atom. The molecule has 1 heterocycles. The van der Waals surface area contributed by atoms with Crippen LogP contribution in [0, 0.1) is 5.92 Å². The predicted octanol–water partition coefficient (Wildman–Crippen LogP) is 2.68. The zero-order chi connectivity index (χ0) is 12.1. The maximum Gasteiger partial charge on any atom is 0.132 e. The van der Waals surface area contributed by atoms with E-state index in [1.165, 1.54) is 19.3 Å². The molecule has 0 bridgehead atoms. The molecule has 17 heavy (non-hydrogen) atoms. The molecule has 1 aromatic rings. The van der Waals surface area contributed by atoms with Crippen molar-refractivity contribution in [1.82, 2.24) is 9.97 Å². The number of rotatable bonds is 7. The van der Waals surface area contributed by atoms with E-state index in [4.69, 9.17) is 0 Å². The van der Waals surface area contributed by atoms with E-state index in [0.717, 1.165) is 42.9 Å². The van der Waals surface area contributed by atoms with Gasteiger partial charge in [0, 0.05) is 25.6 Å². The van der Waals surface area contributed by atoms with Crippen LogP contribution < -0.4 is 10.6 Å². The Hall–Kier alpha value is -1.32. The SMILES string of the molecule is CCNc1cc(NCCC2CC2)nc(CC)n1. The number of nitrogens with zero attached hydrogens (tertiary/aromatic N) is 2. The number of nitrogens with one attached hydrogen (secondary N) is 2. The van der Waals surface area contributed by atoms with Crippen LogP contribution in [0.25, 0.3) is 0 Å². The van der Waals surface area contributed by atoms with Crippen molar-refractivity contribution >= 4 is 11.6 Å². The minimum absolute atomic E-state index is 0.872. The fourth-order valence-corrected chi connectivity index (χ4v) is 1.83. The molecule has 0 spiro atoms. The highest BCUT2D eigenvalue weighted by molar-refractivity contribution is 5.47. The molecule has 1 saturated carbocycles. The highest BCUT2D eigenvalue weighted by Crippen LogP contribution is 2.32. The minimum Gasteiger partial charge on any atom is -0.370 e. The van der Waals surface area contributed by atoms with E-state index in [2.05, 4.69) is 34.4 Å². The smallest absolute Gasteiger partial charge is 0.132 e. The summed E-state index contributed by atoms with van der Waals surface area (Å²) in [5, 5.41) is 6.64. The van der Waals surface area contributed by atoms with Crippen molar-refractivity contribution in [3.63, 3.8) is 0 Å². The van der Waals surface area contributed by atoms with Gasteiger partial charge >= 0.3 is 0 Å². The monoisotopic (exact) mass is 234 g/mol. The first-order valence-electron chi connectivity index (χ1n) is 6.67. The molecule has 1 fully saturated rings. The van der Waals surface area contributed by atoms with Gasteiger partial charge in [-0.05, 0) is 19.3 Å². The van der Waals surface area contributed by atoms with E-state index < -0.39 is 0 Å². The van der Waals surface area contributed by atoms with Gasteiger partial charge in [-0.3, -0.25) is 0 Å². The maximum absolute atomic E-state index is 4.49. The molecule has 1 aliphatic carbocycles. The van der Waals surface area contributed by atoms with Crippen LogP contribution in [0.3, 0.4) is 0 Å². The lowest BCUT2D eigenvalue weighted by molar-refractivity contribution is 0.757. The van der Waals surface area contributed by atoms with Crippen molar-refractivity contribution in [3.05, 3.63) is 11.9 Å². The minimum atomic E-state index is 0.872. The molecular weight excluding hydrogens is 212 g/mol. The molecule has 2 N–H and O–H groups in total. The van der Waals surface area contributed by atoms with Gasteiger partial charge in [0.25, 0.3) is 0 Å². The van der Waals surface area contributed by atoms with E-state index in [1.807, 2.05) is 6.07 Å². The van der Waals surface area contributed by atoms with Gasteiger partial charge in [-0.25, -0.2) is 9.97 Å². The van der Waals surface area contributed by atoms with Crippen LogP contribution in [0.1, 0.15) is 38.9 Å². The summed E-state index contributed by atoms with van der Waals surface area (Å²) >= 11 is 0. The molecule has 1 aliphatic rings. The van der Waals surface area contributed by atoms with Crippen LogP contribution in [0.2, 0.25) is 0 Å². The van der Waals surface area contributed by atoms with Crippen LogP contribution in [0.4, 0.5) is 11.6 Å². The van der Waals surface area contributed by atoms with Gasteiger partial charge in [-0.2, -0.15) is 0 Å². The van der Waals surface area contributed by atoms with Crippen molar-refractivity contribution < 1.29 is 0 Å². The molecule has 0 saturated heterocycles. The molecular formula is C13H22N4. The Bertz CT molecular complexity index is 360. The number of aryl methyl sites for hydroxylation is 1. The Morgan fingerprint density at radius 3 is 2.47 bits per heavy atom. The molecule has 2 rings (SSSR count). The molecule has 0 amide bonds. The molecule has 4 nitrogen and oxygen atoms in total. The van der Waals surface area contributed by atoms with E-state index in [9.17, 15) is 0 Å². The summed E-state index contributed by atoms with van der Waals surface area (Å²) in [5.41, 5.74) is 0. The van der Waals surface area contributed by atoms with Gasteiger partial charge in [-0.15, -0.1) is 0 Å². The van der Waals surface area contributed by atoms with E-state index >= 15 is 0 Å². The summed E-state index contributed by atoms with van der Waals surface area (Å²) in [6.45, 7) is 6.07. The average molecular weight is 234 g/mol. The molecule has 0 unspecified atom stereocenters. The van der Waals surface area contributed by atoms with Crippen molar-refractivity contribution in [2.75, 3.05) is 23.7 Å². The second kappa shape index (κ2) is 5.84. The maximum atomic E-state index is 4.49. The number of aromatic nitrogens is 2. The number of anilines is 2. The van der Waals surface area contributed by atoms with E-state index in [-0.39, 0.29) is 0 Å². The molecule has 94 valence electrons. The van der Waals surface area contributed by atoms with Crippen molar-refractivity contribution in [2.24, 2.45) is 5.92 Å². The number of hydrogen-bond acceptors (Lipinski definition) is 4. The van der Waals surface area contributed by atoms with Crippen molar-refractivity contribution in [2.45, 2.75) is 39.5 Å². The Labute approximate surface area is 103 Å². The highest BCUT2D eigenvalue weighted by Gasteiger charge is 2.20. The second-order valence-corrected chi connectivity index (χ2v) is 4.60. The summed E-state index contributed by atoms with van der Waals surface area (Å²) in [7, 11) is 0. The van der Waals surface area contributed by atoms with Crippen LogP contribution >= 0.6 is 0 Å². The summed E-state index contributed by atoms with van der Waals surface area (Å²) in [4.78, 5) is 8.92. The Kier molecular flexibility index (Phi) is 4.18. The Balaban J connectivity index is 1.94. The molecule has 0 radical (unpaired) electrons. The normalized spacial score (nSPS) is 14.7. The molecule has 0 aliphatic heterocycles. The third-order valence-electron chi connectivity index (χ3n) is 3.00. The first-order valence-corrected chi connectivity index (χ1v) is 6.67. The first-order chi connectivity index (χ1) is 8.31. The summed E-state index contributed by atoms with van der Waals surface area (Å²) in [6.07, 6.45) is 4.96. The fourth-order valence-electron chi connectivity index (χ4n) is 1.83. The zero-order valence-corrected chi connectivity index (χ0v) is 10.8. The molecule has 0 aromatic carbocycles. The lowest BCUT2D eigenvalue weighted by atomic mass is 10.3. The largest absolute Gasteiger partial charge is 0.370 e.